The van der Waals surface area contributed by atoms with Gasteiger partial charge in [-0.05, 0) is 25.7 Å². The van der Waals surface area contributed by atoms with Crippen LogP contribution in [0.4, 0.5) is 39.5 Å². The topological polar surface area (TPSA) is 20.3 Å². The summed E-state index contributed by atoms with van der Waals surface area (Å²) in [4.78, 5) is 13.0. The lowest BCUT2D eigenvalue weighted by atomic mass is 9.80. The van der Waals surface area contributed by atoms with Crippen molar-refractivity contribution in [2.75, 3.05) is 0 Å². The molecule has 0 aromatic carbocycles. The van der Waals surface area contributed by atoms with Crippen LogP contribution in [0.15, 0.2) is 0 Å². The molecule has 0 N–H and O–H groups in total. The van der Waals surface area contributed by atoms with Crippen molar-refractivity contribution in [1.82, 2.24) is 4.90 Å². The number of nitrogens with zero attached hydrogens (tertiary/aromatic N) is 1. The number of alkyl halides is 9. The second kappa shape index (κ2) is 7.93. The highest BCUT2D eigenvalue weighted by molar-refractivity contribution is 5.86. The first-order chi connectivity index (χ1) is 12.7. The van der Waals surface area contributed by atoms with Crippen molar-refractivity contribution in [2.45, 2.75) is 94.8 Å². The molecule has 2 rings (SSSR count). The molecule has 0 aromatic heterocycles. The minimum Gasteiger partial charge on any atom is -0.335 e. The predicted molar refractivity (Wildman–Crippen MR) is 81.2 cm³/mol. The molecule has 0 unspecified atom stereocenters. The molecule has 11 heteroatoms. The Morgan fingerprint density at radius 2 is 0.857 bits per heavy atom. The van der Waals surface area contributed by atoms with Crippen molar-refractivity contribution < 1.29 is 44.3 Å². The molecule has 0 heterocycles. The summed E-state index contributed by atoms with van der Waals surface area (Å²) < 4.78 is 121. The molecule has 0 spiro atoms. The number of halogens is 9. The number of amides is 1. The van der Waals surface area contributed by atoms with Crippen LogP contribution in [0.5, 0.6) is 0 Å². The van der Waals surface area contributed by atoms with Gasteiger partial charge in [0.1, 0.15) is 0 Å². The molecule has 0 saturated heterocycles. The lowest BCUT2D eigenvalue weighted by Crippen LogP contribution is -2.69. The van der Waals surface area contributed by atoms with Crippen molar-refractivity contribution in [3.8, 4) is 0 Å². The zero-order valence-electron chi connectivity index (χ0n) is 15.0. The summed E-state index contributed by atoms with van der Waals surface area (Å²) in [5.74, 6) is -2.92. The Labute approximate surface area is 156 Å². The van der Waals surface area contributed by atoms with Crippen LogP contribution in [0, 0.1) is 5.41 Å². The molecule has 0 bridgehead atoms. The van der Waals surface area contributed by atoms with E-state index in [1.165, 1.54) is 0 Å². The first kappa shape index (κ1) is 23.1. The maximum Gasteiger partial charge on any atom is 0.421 e. The van der Waals surface area contributed by atoms with Crippen LogP contribution in [-0.2, 0) is 4.79 Å². The average molecular weight is 427 g/mol. The Morgan fingerprint density at radius 3 is 1.11 bits per heavy atom. The summed E-state index contributed by atoms with van der Waals surface area (Å²) in [6.07, 6.45) is -17.0. The highest BCUT2D eigenvalue weighted by Gasteiger charge is 2.88. The van der Waals surface area contributed by atoms with Crippen LogP contribution in [0.1, 0.15) is 64.2 Å². The summed E-state index contributed by atoms with van der Waals surface area (Å²) in [6.45, 7) is 0. The first-order valence-electron chi connectivity index (χ1n) is 9.28. The van der Waals surface area contributed by atoms with Crippen LogP contribution < -0.4 is 0 Å². The van der Waals surface area contributed by atoms with Crippen LogP contribution in [-0.4, -0.2) is 41.4 Å². The third-order valence-corrected chi connectivity index (χ3v) is 5.77. The van der Waals surface area contributed by atoms with Crippen LogP contribution in [0.3, 0.4) is 0 Å². The van der Waals surface area contributed by atoms with E-state index in [2.05, 4.69) is 0 Å². The standard InChI is InChI=1S/C17H22F9NO/c18-15(19,20)14(16(21,22)23,17(24,25)26)13(28)27(11-7-3-1-4-8-11)12-9-5-2-6-10-12/h11-12H,1-10H2. The molecular weight excluding hydrogens is 405 g/mol. The molecular formula is C17H22F9NO. The largest absolute Gasteiger partial charge is 0.421 e. The van der Waals surface area contributed by atoms with Gasteiger partial charge in [0.2, 0.25) is 0 Å². The van der Waals surface area contributed by atoms with Gasteiger partial charge in [0.25, 0.3) is 5.91 Å². The third-order valence-electron chi connectivity index (χ3n) is 5.77. The molecule has 164 valence electrons. The first-order valence-corrected chi connectivity index (χ1v) is 9.28. The number of rotatable bonds is 3. The fourth-order valence-electron chi connectivity index (χ4n) is 4.39. The van der Waals surface area contributed by atoms with Crippen molar-refractivity contribution in [3.05, 3.63) is 0 Å². The maximum absolute atomic E-state index is 13.4. The van der Waals surface area contributed by atoms with Gasteiger partial charge in [-0.3, -0.25) is 4.79 Å². The van der Waals surface area contributed by atoms with Crippen LogP contribution >= 0.6 is 0 Å². The average Bonchev–Trinajstić information content (AvgIpc) is 2.53. The molecule has 2 fully saturated rings. The zero-order valence-corrected chi connectivity index (χ0v) is 15.0. The fourth-order valence-corrected chi connectivity index (χ4v) is 4.39. The number of hydrogen-bond acceptors (Lipinski definition) is 1. The molecule has 1 amide bonds. The molecule has 2 aliphatic carbocycles. The van der Waals surface area contributed by atoms with Gasteiger partial charge in [-0.15, -0.1) is 0 Å². The van der Waals surface area contributed by atoms with E-state index in [-0.39, 0.29) is 25.7 Å². The molecule has 2 nitrogen and oxygen atoms in total. The minimum absolute atomic E-state index is 0.103. The summed E-state index contributed by atoms with van der Waals surface area (Å²) in [6, 6.07) is -2.09. The van der Waals surface area contributed by atoms with Gasteiger partial charge in [0.15, 0.2) is 0 Å². The molecule has 28 heavy (non-hydrogen) atoms. The summed E-state index contributed by atoms with van der Waals surface area (Å²) in [7, 11) is 0. The van der Waals surface area contributed by atoms with E-state index in [4.69, 9.17) is 0 Å². The molecule has 2 aliphatic rings. The summed E-state index contributed by atoms with van der Waals surface area (Å²) >= 11 is 0. The van der Waals surface area contributed by atoms with Crippen molar-refractivity contribution in [1.29, 1.82) is 0 Å². The second-order valence-electron chi connectivity index (χ2n) is 7.54. The number of carbonyl (C=O) groups is 1. The fraction of sp³-hybridized carbons (Fsp3) is 0.941. The van der Waals surface area contributed by atoms with E-state index >= 15 is 0 Å². The van der Waals surface area contributed by atoms with Gasteiger partial charge < -0.3 is 4.90 Å². The Balaban J connectivity index is 2.61. The van der Waals surface area contributed by atoms with Gasteiger partial charge in [-0.25, -0.2) is 0 Å². The quantitative estimate of drug-likeness (QED) is 0.495. The van der Waals surface area contributed by atoms with Gasteiger partial charge >= 0.3 is 23.9 Å². The van der Waals surface area contributed by atoms with E-state index < -0.39 is 41.9 Å². The van der Waals surface area contributed by atoms with E-state index in [0.717, 1.165) is 0 Å². The van der Waals surface area contributed by atoms with Gasteiger partial charge in [0.05, 0.1) is 0 Å². The molecule has 0 aromatic rings. The summed E-state index contributed by atoms with van der Waals surface area (Å²) in [5, 5.41) is 0. The lowest BCUT2D eigenvalue weighted by Gasteiger charge is -2.47. The smallest absolute Gasteiger partial charge is 0.335 e. The van der Waals surface area contributed by atoms with E-state index in [1.807, 2.05) is 0 Å². The van der Waals surface area contributed by atoms with E-state index in [0.29, 0.717) is 43.4 Å². The number of carbonyl (C=O) groups excluding carboxylic acids is 1. The van der Waals surface area contributed by atoms with Crippen molar-refractivity contribution in [2.24, 2.45) is 5.41 Å². The van der Waals surface area contributed by atoms with Crippen LogP contribution in [0.2, 0.25) is 0 Å². The monoisotopic (exact) mass is 427 g/mol. The normalized spacial score (nSPS) is 21.6. The Hall–Kier alpha value is -1.16. The molecule has 0 atom stereocenters. The van der Waals surface area contributed by atoms with Gasteiger partial charge in [-0.2, -0.15) is 39.5 Å². The Kier molecular flexibility index (Phi) is 6.55. The predicted octanol–water partition coefficient (Wildman–Crippen LogP) is 6.15. The zero-order chi connectivity index (χ0) is 21.4. The van der Waals surface area contributed by atoms with Crippen molar-refractivity contribution in [3.63, 3.8) is 0 Å². The Morgan fingerprint density at radius 1 is 0.571 bits per heavy atom. The summed E-state index contributed by atoms with van der Waals surface area (Å²) in [5.41, 5.74) is -6.41. The molecule has 2 saturated carbocycles. The lowest BCUT2D eigenvalue weighted by molar-refractivity contribution is -0.410. The van der Waals surface area contributed by atoms with Gasteiger partial charge in [0, 0.05) is 12.1 Å². The molecule has 0 aliphatic heterocycles. The van der Waals surface area contributed by atoms with Crippen molar-refractivity contribution >= 4 is 5.91 Å². The van der Waals surface area contributed by atoms with Crippen LogP contribution in [0.25, 0.3) is 0 Å². The van der Waals surface area contributed by atoms with E-state index in [1.54, 1.807) is 0 Å². The van der Waals surface area contributed by atoms with Gasteiger partial charge in [-0.1, -0.05) is 38.5 Å². The molecule has 0 radical (unpaired) electrons. The Bertz CT molecular complexity index is 486. The third kappa shape index (κ3) is 3.94. The highest BCUT2D eigenvalue weighted by atomic mass is 19.4. The highest BCUT2D eigenvalue weighted by Crippen LogP contribution is 2.60. The maximum atomic E-state index is 13.4. The second-order valence-corrected chi connectivity index (χ2v) is 7.54. The number of hydrogen-bond donors (Lipinski definition) is 0. The minimum atomic E-state index is -6.86. The SMILES string of the molecule is O=C(N(C1CCCCC1)C1CCCCC1)C(C(F)(F)F)(C(F)(F)F)C(F)(F)F. The van der Waals surface area contributed by atoms with E-state index in [9.17, 15) is 44.3 Å².